The molecule has 2 aliphatic heterocycles. The molecular formula is C20H18O5. The first kappa shape index (κ1) is 15.6. The van der Waals surface area contributed by atoms with Gasteiger partial charge in [0.15, 0.2) is 11.5 Å². The molecular weight excluding hydrogens is 320 g/mol. The first-order chi connectivity index (χ1) is 12.2. The monoisotopic (exact) mass is 338 g/mol. The van der Waals surface area contributed by atoms with Gasteiger partial charge in [0.2, 0.25) is 6.79 Å². The van der Waals surface area contributed by atoms with E-state index in [1.807, 2.05) is 36.4 Å². The van der Waals surface area contributed by atoms with Crippen LogP contribution in [0.5, 0.6) is 11.5 Å². The number of ether oxygens (including phenoxy) is 3. The summed E-state index contributed by atoms with van der Waals surface area (Å²) in [6.45, 7) is 0.250. The van der Waals surface area contributed by atoms with E-state index in [0.717, 1.165) is 23.5 Å². The molecule has 0 aromatic heterocycles. The lowest BCUT2D eigenvalue weighted by atomic mass is 9.96. The predicted octanol–water partition coefficient (Wildman–Crippen LogP) is 3.63. The molecule has 0 fully saturated rings. The van der Waals surface area contributed by atoms with Gasteiger partial charge >= 0.3 is 5.97 Å². The van der Waals surface area contributed by atoms with Gasteiger partial charge in [0, 0.05) is 6.42 Å². The van der Waals surface area contributed by atoms with Crippen LogP contribution in [0.2, 0.25) is 0 Å². The minimum atomic E-state index is -0.467. The van der Waals surface area contributed by atoms with Crippen LogP contribution < -0.4 is 9.47 Å². The minimum Gasteiger partial charge on any atom is -0.511 e. The standard InChI is InChI=1S/C20H18O5/c21-16-11-15(25-20(22)19(16)14-4-2-1-3-5-14)8-6-13-7-9-17-18(10-13)24-12-23-17/h1-5,7,9-10,15,21H,6,8,11-12H2. The molecule has 0 aliphatic carbocycles. The Morgan fingerprint density at radius 3 is 2.64 bits per heavy atom. The number of rotatable bonds is 4. The van der Waals surface area contributed by atoms with Gasteiger partial charge in [-0.15, -0.1) is 0 Å². The van der Waals surface area contributed by atoms with Gasteiger partial charge in [0.1, 0.15) is 17.4 Å². The van der Waals surface area contributed by atoms with E-state index in [1.54, 1.807) is 12.1 Å². The van der Waals surface area contributed by atoms with Gasteiger partial charge in [0.05, 0.1) is 0 Å². The maximum Gasteiger partial charge on any atom is 0.342 e. The fourth-order valence-corrected chi connectivity index (χ4v) is 3.16. The van der Waals surface area contributed by atoms with Crippen LogP contribution in [-0.4, -0.2) is 24.0 Å². The van der Waals surface area contributed by atoms with Crippen molar-refractivity contribution in [2.24, 2.45) is 0 Å². The molecule has 5 nitrogen and oxygen atoms in total. The van der Waals surface area contributed by atoms with E-state index >= 15 is 0 Å². The number of aliphatic hydroxyl groups excluding tert-OH is 1. The van der Waals surface area contributed by atoms with Crippen molar-refractivity contribution in [3.05, 3.63) is 65.4 Å². The molecule has 0 radical (unpaired) electrons. The summed E-state index contributed by atoms with van der Waals surface area (Å²) in [6, 6.07) is 14.9. The van der Waals surface area contributed by atoms with Gasteiger partial charge in [-0.2, -0.15) is 0 Å². The molecule has 128 valence electrons. The van der Waals surface area contributed by atoms with Crippen molar-refractivity contribution in [1.29, 1.82) is 0 Å². The molecule has 4 rings (SSSR count). The Kier molecular flexibility index (Phi) is 4.06. The van der Waals surface area contributed by atoms with Crippen molar-refractivity contribution in [3.8, 4) is 11.5 Å². The van der Waals surface area contributed by atoms with Gasteiger partial charge in [0.25, 0.3) is 0 Å². The number of aryl methyl sites for hydroxylation is 1. The molecule has 2 heterocycles. The molecule has 0 saturated heterocycles. The Morgan fingerprint density at radius 2 is 1.84 bits per heavy atom. The Hall–Kier alpha value is -2.95. The Bertz CT molecular complexity index is 825. The number of benzene rings is 2. The zero-order valence-corrected chi connectivity index (χ0v) is 13.6. The van der Waals surface area contributed by atoms with Gasteiger partial charge in [-0.25, -0.2) is 4.79 Å². The molecule has 0 spiro atoms. The highest BCUT2D eigenvalue weighted by molar-refractivity contribution is 6.17. The van der Waals surface area contributed by atoms with Gasteiger partial charge < -0.3 is 19.3 Å². The summed E-state index contributed by atoms with van der Waals surface area (Å²) in [5, 5.41) is 10.3. The van der Waals surface area contributed by atoms with Crippen LogP contribution in [0.3, 0.4) is 0 Å². The molecule has 0 bridgehead atoms. The summed E-state index contributed by atoms with van der Waals surface area (Å²) < 4.78 is 16.2. The number of fused-ring (bicyclic) bond motifs is 1. The number of esters is 1. The average Bonchev–Trinajstić information content (AvgIpc) is 3.08. The molecule has 0 saturated carbocycles. The zero-order chi connectivity index (χ0) is 17.2. The van der Waals surface area contributed by atoms with Crippen molar-refractivity contribution >= 4 is 11.5 Å². The minimum absolute atomic E-state index is 0.0955. The van der Waals surface area contributed by atoms with E-state index < -0.39 is 5.97 Å². The van der Waals surface area contributed by atoms with Crippen molar-refractivity contribution in [2.45, 2.75) is 25.4 Å². The Balaban J connectivity index is 1.44. The van der Waals surface area contributed by atoms with Crippen LogP contribution in [0.25, 0.3) is 5.57 Å². The van der Waals surface area contributed by atoms with Crippen LogP contribution in [0.15, 0.2) is 54.3 Å². The summed E-state index contributed by atoms with van der Waals surface area (Å²) in [5.74, 6) is 1.12. The van der Waals surface area contributed by atoms with Crippen LogP contribution in [0.1, 0.15) is 24.0 Å². The number of aliphatic hydroxyl groups is 1. The topological polar surface area (TPSA) is 65.0 Å². The lowest BCUT2D eigenvalue weighted by molar-refractivity contribution is -0.143. The van der Waals surface area contributed by atoms with Crippen molar-refractivity contribution in [2.75, 3.05) is 6.79 Å². The largest absolute Gasteiger partial charge is 0.511 e. The fourth-order valence-electron chi connectivity index (χ4n) is 3.16. The average molecular weight is 338 g/mol. The van der Waals surface area contributed by atoms with E-state index in [0.29, 0.717) is 18.4 Å². The fraction of sp³-hybridized carbons (Fsp3) is 0.250. The van der Waals surface area contributed by atoms with Crippen molar-refractivity contribution in [1.82, 2.24) is 0 Å². The molecule has 0 amide bonds. The lowest BCUT2D eigenvalue weighted by Crippen LogP contribution is -2.26. The Labute approximate surface area is 145 Å². The molecule has 5 heteroatoms. The highest BCUT2D eigenvalue weighted by Crippen LogP contribution is 2.34. The maximum atomic E-state index is 12.3. The summed E-state index contributed by atoms with van der Waals surface area (Å²) in [6.07, 6.45) is 1.37. The lowest BCUT2D eigenvalue weighted by Gasteiger charge is -2.24. The van der Waals surface area contributed by atoms with Crippen molar-refractivity contribution < 1.29 is 24.1 Å². The van der Waals surface area contributed by atoms with Crippen LogP contribution in [-0.2, 0) is 16.0 Å². The van der Waals surface area contributed by atoms with Gasteiger partial charge in [-0.1, -0.05) is 36.4 Å². The number of hydrogen-bond donors (Lipinski definition) is 1. The van der Waals surface area contributed by atoms with Gasteiger partial charge in [-0.3, -0.25) is 0 Å². The molecule has 1 N–H and O–H groups in total. The Morgan fingerprint density at radius 1 is 1.04 bits per heavy atom. The smallest absolute Gasteiger partial charge is 0.342 e. The summed E-state index contributed by atoms with van der Waals surface area (Å²) in [7, 11) is 0. The normalized spacial score (nSPS) is 19.0. The van der Waals surface area contributed by atoms with Crippen molar-refractivity contribution in [3.63, 3.8) is 0 Å². The third-order valence-corrected chi connectivity index (χ3v) is 4.44. The number of carbonyl (C=O) groups is 1. The molecule has 1 atom stereocenters. The SMILES string of the molecule is O=C1OC(CCc2ccc3c(c2)OCO3)CC(O)=C1c1ccccc1. The second-order valence-corrected chi connectivity index (χ2v) is 6.15. The maximum absolute atomic E-state index is 12.3. The second kappa shape index (κ2) is 6.51. The zero-order valence-electron chi connectivity index (χ0n) is 13.6. The number of hydrogen-bond acceptors (Lipinski definition) is 5. The predicted molar refractivity (Wildman–Crippen MR) is 91.4 cm³/mol. The highest BCUT2D eigenvalue weighted by atomic mass is 16.7. The molecule has 2 aromatic rings. The van der Waals surface area contributed by atoms with Crippen LogP contribution in [0, 0.1) is 0 Å². The van der Waals surface area contributed by atoms with E-state index in [-0.39, 0.29) is 24.2 Å². The van der Waals surface area contributed by atoms with Gasteiger partial charge in [-0.05, 0) is 36.1 Å². The summed E-state index contributed by atoms with van der Waals surface area (Å²) >= 11 is 0. The molecule has 1 unspecified atom stereocenters. The van der Waals surface area contributed by atoms with E-state index in [4.69, 9.17) is 14.2 Å². The summed E-state index contributed by atoms with van der Waals surface area (Å²) in [4.78, 5) is 12.3. The van der Waals surface area contributed by atoms with Crippen LogP contribution in [0.4, 0.5) is 0 Å². The summed E-state index contributed by atoms with van der Waals surface area (Å²) in [5.41, 5.74) is 2.02. The van der Waals surface area contributed by atoms with E-state index in [9.17, 15) is 9.90 Å². The quantitative estimate of drug-likeness (QED) is 0.863. The van der Waals surface area contributed by atoms with E-state index in [1.165, 1.54) is 0 Å². The highest BCUT2D eigenvalue weighted by Gasteiger charge is 2.29. The molecule has 25 heavy (non-hydrogen) atoms. The second-order valence-electron chi connectivity index (χ2n) is 6.15. The number of carbonyl (C=O) groups excluding carboxylic acids is 1. The first-order valence-corrected chi connectivity index (χ1v) is 8.28. The molecule has 2 aromatic carbocycles. The third-order valence-electron chi connectivity index (χ3n) is 4.44. The van der Waals surface area contributed by atoms with E-state index in [2.05, 4.69) is 0 Å². The number of cyclic esters (lactones) is 1. The third kappa shape index (κ3) is 3.18. The first-order valence-electron chi connectivity index (χ1n) is 8.28. The van der Waals surface area contributed by atoms with Crippen LogP contribution >= 0.6 is 0 Å². The molecule has 2 aliphatic rings.